The van der Waals surface area contributed by atoms with Crippen LogP contribution in [0.3, 0.4) is 0 Å². The van der Waals surface area contributed by atoms with Gasteiger partial charge in [-0.1, -0.05) is 18.2 Å². The van der Waals surface area contributed by atoms with Gasteiger partial charge in [-0.15, -0.1) is 0 Å². The fraction of sp³-hybridized carbons (Fsp3) is 0.778. The second-order valence-electron chi connectivity index (χ2n) is 3.82. The Hall–Kier alpha value is 0.00688. The second kappa shape index (κ2) is 5.68. The minimum atomic E-state index is -1.52. The molecule has 13 heavy (non-hydrogen) atoms. The van der Waals surface area contributed by atoms with Crippen molar-refractivity contribution in [3.05, 3.63) is 12.3 Å². The second-order valence-corrected chi connectivity index (χ2v) is 8.74. The van der Waals surface area contributed by atoms with Crippen molar-refractivity contribution in [1.82, 2.24) is 0 Å². The molecule has 0 bridgehead atoms. The Kier molecular flexibility index (Phi) is 5.68. The first-order valence-electron chi connectivity index (χ1n) is 4.47. The van der Waals surface area contributed by atoms with Gasteiger partial charge in [-0.05, 0) is 26.6 Å². The average Bonchev–Trinajstić information content (AvgIpc) is 1.81. The first kappa shape index (κ1) is 13.0. The summed E-state index contributed by atoms with van der Waals surface area (Å²) in [6.45, 7) is 12.7. The summed E-state index contributed by atoms with van der Waals surface area (Å²) < 4.78 is 10.8. The molecule has 0 saturated heterocycles. The summed E-state index contributed by atoms with van der Waals surface area (Å²) in [4.78, 5) is 0. The van der Waals surface area contributed by atoms with Crippen molar-refractivity contribution >= 4 is 19.9 Å². The standard InChI is InChI=1S/C9H19ClO2Si/c1-6-11-9(10)7-8(2)12-13(3,4)5/h9H,2,6-7H2,1,3-5H3. The van der Waals surface area contributed by atoms with Crippen molar-refractivity contribution in [3.8, 4) is 0 Å². The van der Waals surface area contributed by atoms with Crippen LogP contribution < -0.4 is 0 Å². The molecule has 0 aromatic heterocycles. The maximum Gasteiger partial charge on any atom is 0.241 e. The highest BCUT2D eigenvalue weighted by atomic mass is 35.5. The molecule has 0 radical (unpaired) electrons. The Morgan fingerprint density at radius 3 is 2.38 bits per heavy atom. The predicted octanol–water partition coefficient (Wildman–Crippen LogP) is 3.34. The summed E-state index contributed by atoms with van der Waals surface area (Å²) in [5.41, 5.74) is -0.311. The minimum absolute atomic E-state index is 0.311. The van der Waals surface area contributed by atoms with E-state index in [-0.39, 0.29) is 5.56 Å². The molecule has 0 spiro atoms. The summed E-state index contributed by atoms with van der Waals surface area (Å²) in [7, 11) is -1.52. The van der Waals surface area contributed by atoms with Gasteiger partial charge in [-0.2, -0.15) is 0 Å². The van der Waals surface area contributed by atoms with E-state index in [0.717, 1.165) is 5.76 Å². The smallest absolute Gasteiger partial charge is 0.241 e. The molecule has 2 nitrogen and oxygen atoms in total. The van der Waals surface area contributed by atoms with E-state index in [4.69, 9.17) is 20.8 Å². The van der Waals surface area contributed by atoms with Crippen molar-refractivity contribution in [3.63, 3.8) is 0 Å². The van der Waals surface area contributed by atoms with Gasteiger partial charge in [-0.3, -0.25) is 0 Å². The van der Waals surface area contributed by atoms with Gasteiger partial charge < -0.3 is 9.16 Å². The Labute approximate surface area is 87.0 Å². The van der Waals surface area contributed by atoms with Crippen molar-refractivity contribution in [1.29, 1.82) is 0 Å². The summed E-state index contributed by atoms with van der Waals surface area (Å²) in [5, 5.41) is 0. The third-order valence-corrected chi connectivity index (χ3v) is 2.37. The molecule has 0 N–H and O–H groups in total. The Bertz CT molecular complexity index is 165. The number of hydrogen-bond acceptors (Lipinski definition) is 2. The average molecular weight is 223 g/mol. The summed E-state index contributed by atoms with van der Waals surface area (Å²) >= 11 is 5.86. The summed E-state index contributed by atoms with van der Waals surface area (Å²) in [5.74, 6) is 0.729. The lowest BCUT2D eigenvalue weighted by molar-refractivity contribution is 0.113. The molecular formula is C9H19ClO2Si. The van der Waals surface area contributed by atoms with Crippen molar-refractivity contribution < 1.29 is 9.16 Å². The molecule has 0 fully saturated rings. The van der Waals surface area contributed by atoms with Crippen LogP contribution in [0.1, 0.15) is 13.3 Å². The van der Waals surface area contributed by atoms with Gasteiger partial charge in [0.15, 0.2) is 0 Å². The molecule has 0 aliphatic carbocycles. The van der Waals surface area contributed by atoms with E-state index in [1.54, 1.807) is 0 Å². The number of ether oxygens (including phenoxy) is 1. The molecule has 0 rings (SSSR count). The van der Waals surface area contributed by atoms with Crippen LogP contribution in [0, 0.1) is 0 Å². The molecule has 1 unspecified atom stereocenters. The zero-order chi connectivity index (χ0) is 10.5. The van der Waals surface area contributed by atoms with Crippen LogP contribution in [0.5, 0.6) is 0 Å². The molecule has 0 aliphatic heterocycles. The normalized spacial score (nSPS) is 13.9. The van der Waals surface area contributed by atoms with Crippen LogP contribution in [-0.2, 0) is 9.16 Å². The third-order valence-electron chi connectivity index (χ3n) is 1.19. The first-order valence-corrected chi connectivity index (χ1v) is 8.32. The van der Waals surface area contributed by atoms with Crippen LogP contribution in [0.25, 0.3) is 0 Å². The summed E-state index contributed by atoms with van der Waals surface area (Å²) in [6, 6.07) is 0. The van der Waals surface area contributed by atoms with E-state index in [2.05, 4.69) is 26.2 Å². The van der Waals surface area contributed by atoms with Gasteiger partial charge in [0.05, 0.1) is 5.76 Å². The molecule has 0 heterocycles. The molecular weight excluding hydrogens is 204 g/mol. The SMILES string of the molecule is C=C(CC(Cl)OCC)O[Si](C)(C)C. The fourth-order valence-corrected chi connectivity index (χ4v) is 2.14. The quantitative estimate of drug-likeness (QED) is 0.390. The monoisotopic (exact) mass is 222 g/mol. The van der Waals surface area contributed by atoms with Gasteiger partial charge in [-0.25, -0.2) is 0 Å². The molecule has 4 heteroatoms. The number of hydrogen-bond donors (Lipinski definition) is 0. The first-order chi connectivity index (χ1) is 5.85. The minimum Gasteiger partial charge on any atom is -0.548 e. The Morgan fingerprint density at radius 2 is 2.00 bits per heavy atom. The highest BCUT2D eigenvalue weighted by Crippen LogP contribution is 2.16. The van der Waals surface area contributed by atoms with Crippen molar-refractivity contribution in [2.24, 2.45) is 0 Å². The van der Waals surface area contributed by atoms with Gasteiger partial charge in [0.25, 0.3) is 0 Å². The van der Waals surface area contributed by atoms with Gasteiger partial charge in [0.2, 0.25) is 8.32 Å². The van der Waals surface area contributed by atoms with Gasteiger partial charge >= 0.3 is 0 Å². The zero-order valence-electron chi connectivity index (χ0n) is 8.89. The maximum absolute atomic E-state index is 5.86. The van der Waals surface area contributed by atoms with E-state index in [1.165, 1.54) is 0 Å². The Balaban J connectivity index is 3.74. The largest absolute Gasteiger partial charge is 0.548 e. The Morgan fingerprint density at radius 1 is 1.46 bits per heavy atom. The van der Waals surface area contributed by atoms with Crippen LogP contribution in [0.2, 0.25) is 19.6 Å². The van der Waals surface area contributed by atoms with Crippen molar-refractivity contribution in [2.45, 2.75) is 38.5 Å². The van der Waals surface area contributed by atoms with E-state index in [1.807, 2.05) is 6.92 Å². The van der Waals surface area contributed by atoms with E-state index in [9.17, 15) is 0 Å². The van der Waals surface area contributed by atoms with Crippen LogP contribution in [0.4, 0.5) is 0 Å². The van der Waals surface area contributed by atoms with Gasteiger partial charge in [0, 0.05) is 13.0 Å². The van der Waals surface area contributed by atoms with E-state index < -0.39 is 8.32 Å². The zero-order valence-corrected chi connectivity index (χ0v) is 10.6. The highest BCUT2D eigenvalue weighted by molar-refractivity contribution is 6.70. The highest BCUT2D eigenvalue weighted by Gasteiger charge is 2.18. The predicted molar refractivity (Wildman–Crippen MR) is 59.5 cm³/mol. The van der Waals surface area contributed by atoms with E-state index >= 15 is 0 Å². The fourth-order valence-electron chi connectivity index (χ4n) is 0.893. The van der Waals surface area contributed by atoms with Gasteiger partial charge in [0.1, 0.15) is 5.56 Å². The third kappa shape index (κ3) is 8.34. The van der Waals surface area contributed by atoms with Crippen LogP contribution >= 0.6 is 11.6 Å². The topological polar surface area (TPSA) is 18.5 Å². The molecule has 0 aromatic rings. The molecule has 0 saturated carbocycles. The summed E-state index contributed by atoms with van der Waals surface area (Å²) in [6.07, 6.45) is 0.569. The number of halogens is 1. The lowest BCUT2D eigenvalue weighted by Gasteiger charge is -2.22. The van der Waals surface area contributed by atoms with Crippen molar-refractivity contribution in [2.75, 3.05) is 6.61 Å². The number of alkyl halides is 1. The molecule has 1 atom stereocenters. The van der Waals surface area contributed by atoms with Crippen LogP contribution in [-0.4, -0.2) is 20.5 Å². The lowest BCUT2D eigenvalue weighted by atomic mass is 10.4. The molecule has 78 valence electrons. The molecule has 0 amide bonds. The maximum atomic E-state index is 5.86. The molecule has 0 aliphatic rings. The van der Waals surface area contributed by atoms with Crippen LogP contribution in [0.15, 0.2) is 12.3 Å². The molecule has 0 aromatic carbocycles. The van der Waals surface area contributed by atoms with E-state index in [0.29, 0.717) is 13.0 Å². The lowest BCUT2D eigenvalue weighted by Crippen LogP contribution is -2.25. The number of rotatable bonds is 6.